The zero-order chi connectivity index (χ0) is 13.0. The van der Waals surface area contributed by atoms with E-state index in [1.165, 1.54) is 0 Å². The molecule has 0 saturated carbocycles. The first-order valence-electron chi connectivity index (χ1n) is 6.37. The summed E-state index contributed by atoms with van der Waals surface area (Å²) in [6, 6.07) is 9.78. The third-order valence-electron chi connectivity index (χ3n) is 2.88. The average Bonchev–Trinajstić information content (AvgIpc) is 2.36. The van der Waals surface area contributed by atoms with Crippen molar-refractivity contribution in [2.75, 3.05) is 5.32 Å². The standard InChI is InChI=1S/C15H18N2O/c1-3-4-9-15(18)17-14-10-11(2)16-13-8-6-5-7-12(13)14/h5-8,10H,3-4,9H2,1-2H3,(H,16,17,18). The van der Waals surface area contributed by atoms with E-state index in [4.69, 9.17) is 0 Å². The number of carbonyl (C=O) groups is 1. The summed E-state index contributed by atoms with van der Waals surface area (Å²) in [5.41, 5.74) is 2.70. The first-order valence-corrected chi connectivity index (χ1v) is 6.37. The van der Waals surface area contributed by atoms with Gasteiger partial charge in [-0.2, -0.15) is 0 Å². The summed E-state index contributed by atoms with van der Waals surface area (Å²) in [5, 5.41) is 3.98. The number of benzene rings is 1. The van der Waals surface area contributed by atoms with Crippen LogP contribution in [0.2, 0.25) is 0 Å². The number of nitrogens with one attached hydrogen (secondary N) is 1. The molecular formula is C15H18N2O. The van der Waals surface area contributed by atoms with Crippen molar-refractivity contribution in [2.45, 2.75) is 33.1 Å². The highest BCUT2D eigenvalue weighted by Crippen LogP contribution is 2.23. The highest BCUT2D eigenvalue weighted by molar-refractivity contribution is 6.00. The van der Waals surface area contributed by atoms with E-state index in [1.807, 2.05) is 37.3 Å². The molecule has 0 spiro atoms. The Morgan fingerprint density at radius 3 is 2.89 bits per heavy atom. The molecule has 0 fully saturated rings. The molecule has 1 N–H and O–H groups in total. The average molecular weight is 242 g/mol. The third kappa shape index (κ3) is 2.86. The number of amides is 1. The molecule has 0 aliphatic rings. The van der Waals surface area contributed by atoms with Gasteiger partial charge < -0.3 is 5.32 Å². The number of unbranched alkanes of at least 4 members (excludes halogenated alkanes) is 1. The van der Waals surface area contributed by atoms with E-state index in [0.29, 0.717) is 6.42 Å². The van der Waals surface area contributed by atoms with Crippen molar-refractivity contribution >= 4 is 22.5 Å². The topological polar surface area (TPSA) is 42.0 Å². The Balaban J connectivity index is 2.29. The molecule has 0 saturated heterocycles. The van der Waals surface area contributed by atoms with Gasteiger partial charge in [0, 0.05) is 17.5 Å². The predicted octanol–water partition coefficient (Wildman–Crippen LogP) is 3.67. The number of hydrogen-bond acceptors (Lipinski definition) is 2. The Morgan fingerprint density at radius 1 is 1.33 bits per heavy atom. The van der Waals surface area contributed by atoms with Gasteiger partial charge in [-0.1, -0.05) is 31.5 Å². The van der Waals surface area contributed by atoms with E-state index >= 15 is 0 Å². The number of aryl methyl sites for hydroxylation is 1. The van der Waals surface area contributed by atoms with Gasteiger partial charge in [-0.15, -0.1) is 0 Å². The molecule has 2 aromatic rings. The normalized spacial score (nSPS) is 10.6. The minimum Gasteiger partial charge on any atom is -0.325 e. The fraction of sp³-hybridized carbons (Fsp3) is 0.333. The number of nitrogens with zero attached hydrogens (tertiary/aromatic N) is 1. The Morgan fingerprint density at radius 2 is 2.11 bits per heavy atom. The lowest BCUT2D eigenvalue weighted by atomic mass is 10.1. The second kappa shape index (κ2) is 5.63. The molecule has 3 heteroatoms. The second-order valence-corrected chi connectivity index (χ2v) is 4.48. The molecule has 18 heavy (non-hydrogen) atoms. The van der Waals surface area contributed by atoms with Crippen molar-refractivity contribution in [1.82, 2.24) is 4.98 Å². The number of carbonyl (C=O) groups excluding carboxylic acids is 1. The minimum atomic E-state index is 0.0765. The highest BCUT2D eigenvalue weighted by Gasteiger charge is 2.06. The first-order chi connectivity index (χ1) is 8.70. The molecule has 1 aromatic carbocycles. The van der Waals surface area contributed by atoms with Crippen molar-refractivity contribution < 1.29 is 4.79 Å². The van der Waals surface area contributed by atoms with Crippen LogP contribution < -0.4 is 5.32 Å². The minimum absolute atomic E-state index is 0.0765. The number of fused-ring (bicyclic) bond motifs is 1. The summed E-state index contributed by atoms with van der Waals surface area (Å²) in [5.74, 6) is 0.0765. The highest BCUT2D eigenvalue weighted by atomic mass is 16.1. The van der Waals surface area contributed by atoms with Crippen LogP contribution in [0.25, 0.3) is 10.9 Å². The Labute approximate surface area is 107 Å². The van der Waals surface area contributed by atoms with Crippen molar-refractivity contribution in [2.24, 2.45) is 0 Å². The lowest BCUT2D eigenvalue weighted by Gasteiger charge is -2.09. The molecule has 1 aromatic heterocycles. The van der Waals surface area contributed by atoms with Gasteiger partial charge in [0.25, 0.3) is 0 Å². The van der Waals surface area contributed by atoms with Crippen molar-refractivity contribution in [3.05, 3.63) is 36.0 Å². The van der Waals surface area contributed by atoms with Gasteiger partial charge in [-0.3, -0.25) is 9.78 Å². The van der Waals surface area contributed by atoms with Crippen LogP contribution in [0.15, 0.2) is 30.3 Å². The molecule has 94 valence electrons. The fourth-order valence-corrected chi connectivity index (χ4v) is 1.96. The monoisotopic (exact) mass is 242 g/mol. The Hall–Kier alpha value is -1.90. The van der Waals surface area contributed by atoms with E-state index in [1.54, 1.807) is 0 Å². The maximum absolute atomic E-state index is 11.8. The smallest absolute Gasteiger partial charge is 0.224 e. The molecule has 0 bridgehead atoms. The van der Waals surface area contributed by atoms with E-state index in [2.05, 4.69) is 17.2 Å². The van der Waals surface area contributed by atoms with E-state index < -0.39 is 0 Å². The molecule has 1 heterocycles. The SMILES string of the molecule is CCCCC(=O)Nc1cc(C)nc2ccccc12. The second-order valence-electron chi connectivity index (χ2n) is 4.48. The van der Waals surface area contributed by atoms with Crippen LogP contribution in [0.1, 0.15) is 31.9 Å². The third-order valence-corrected chi connectivity index (χ3v) is 2.88. The first kappa shape index (κ1) is 12.6. The molecule has 3 nitrogen and oxygen atoms in total. The van der Waals surface area contributed by atoms with Crippen molar-refractivity contribution in [3.8, 4) is 0 Å². The molecule has 0 atom stereocenters. The quantitative estimate of drug-likeness (QED) is 0.888. The van der Waals surface area contributed by atoms with Crippen molar-refractivity contribution in [1.29, 1.82) is 0 Å². The van der Waals surface area contributed by atoms with Crippen molar-refractivity contribution in [3.63, 3.8) is 0 Å². The summed E-state index contributed by atoms with van der Waals surface area (Å²) >= 11 is 0. The Kier molecular flexibility index (Phi) is 3.92. The summed E-state index contributed by atoms with van der Waals surface area (Å²) in [6.07, 6.45) is 2.53. The van der Waals surface area contributed by atoms with Gasteiger partial charge in [0.1, 0.15) is 0 Å². The van der Waals surface area contributed by atoms with Crippen LogP contribution >= 0.6 is 0 Å². The number of pyridine rings is 1. The summed E-state index contributed by atoms with van der Waals surface area (Å²) in [6.45, 7) is 4.02. The number of anilines is 1. The van der Waals surface area contributed by atoms with Crippen LogP contribution in [0.3, 0.4) is 0 Å². The van der Waals surface area contributed by atoms with Gasteiger partial charge in [0.15, 0.2) is 0 Å². The number of para-hydroxylation sites is 1. The molecular weight excluding hydrogens is 224 g/mol. The molecule has 2 rings (SSSR count). The van der Waals surface area contributed by atoms with Gasteiger partial charge in [0.05, 0.1) is 11.2 Å². The molecule has 0 radical (unpaired) electrons. The van der Waals surface area contributed by atoms with Crippen LogP contribution in [0.4, 0.5) is 5.69 Å². The van der Waals surface area contributed by atoms with Gasteiger partial charge in [-0.25, -0.2) is 0 Å². The lowest BCUT2D eigenvalue weighted by molar-refractivity contribution is -0.116. The molecule has 1 amide bonds. The predicted molar refractivity (Wildman–Crippen MR) is 74.6 cm³/mol. The molecule has 0 unspecified atom stereocenters. The van der Waals surface area contributed by atoms with Crippen LogP contribution in [-0.4, -0.2) is 10.9 Å². The van der Waals surface area contributed by atoms with E-state index in [9.17, 15) is 4.79 Å². The number of aromatic nitrogens is 1. The number of rotatable bonds is 4. The zero-order valence-electron chi connectivity index (χ0n) is 10.9. The zero-order valence-corrected chi connectivity index (χ0v) is 10.9. The summed E-state index contributed by atoms with van der Waals surface area (Å²) in [7, 11) is 0. The lowest BCUT2D eigenvalue weighted by Crippen LogP contribution is -2.11. The van der Waals surface area contributed by atoms with Crippen LogP contribution in [0.5, 0.6) is 0 Å². The maximum Gasteiger partial charge on any atom is 0.224 e. The number of hydrogen-bond donors (Lipinski definition) is 1. The maximum atomic E-state index is 11.8. The largest absolute Gasteiger partial charge is 0.325 e. The van der Waals surface area contributed by atoms with Gasteiger partial charge in [0.2, 0.25) is 5.91 Å². The van der Waals surface area contributed by atoms with Crippen LogP contribution in [-0.2, 0) is 4.79 Å². The summed E-state index contributed by atoms with van der Waals surface area (Å²) in [4.78, 5) is 16.2. The Bertz CT molecular complexity index is 563. The van der Waals surface area contributed by atoms with E-state index in [-0.39, 0.29) is 5.91 Å². The van der Waals surface area contributed by atoms with Gasteiger partial charge >= 0.3 is 0 Å². The summed E-state index contributed by atoms with van der Waals surface area (Å²) < 4.78 is 0. The van der Waals surface area contributed by atoms with E-state index in [0.717, 1.165) is 35.1 Å². The fourth-order valence-electron chi connectivity index (χ4n) is 1.96. The molecule has 0 aliphatic heterocycles. The molecule has 0 aliphatic carbocycles. The van der Waals surface area contributed by atoms with Gasteiger partial charge in [-0.05, 0) is 25.5 Å². The van der Waals surface area contributed by atoms with Crippen LogP contribution in [0, 0.1) is 6.92 Å².